The van der Waals surface area contributed by atoms with Gasteiger partial charge in [0, 0.05) is 19.0 Å². The third kappa shape index (κ3) is 8.79. The molecule has 0 heterocycles. The normalized spacial score (nSPS) is 12.6. The summed E-state index contributed by atoms with van der Waals surface area (Å²) in [6, 6.07) is 27.3. The second-order valence-electron chi connectivity index (χ2n) is 11.3. The topological polar surface area (TPSA) is 86.8 Å². The van der Waals surface area contributed by atoms with Crippen molar-refractivity contribution in [2.24, 2.45) is 0 Å². The third-order valence-electron chi connectivity index (χ3n) is 7.71. The minimum absolute atomic E-state index is 0.00851. The van der Waals surface area contributed by atoms with Crippen molar-refractivity contribution in [2.75, 3.05) is 10.8 Å². The van der Waals surface area contributed by atoms with Crippen molar-refractivity contribution in [2.45, 2.75) is 64.1 Å². The molecule has 45 heavy (non-hydrogen) atoms. The molecule has 0 saturated carbocycles. The highest BCUT2D eigenvalue weighted by Gasteiger charge is 2.35. The van der Waals surface area contributed by atoms with Crippen LogP contribution in [0.1, 0.15) is 42.5 Å². The van der Waals surface area contributed by atoms with Crippen molar-refractivity contribution in [3.8, 4) is 0 Å². The molecular weight excluding hydrogens is 589 g/mol. The molecule has 2 atom stereocenters. The van der Waals surface area contributed by atoms with E-state index in [9.17, 15) is 22.4 Å². The van der Waals surface area contributed by atoms with E-state index in [1.165, 1.54) is 29.2 Å². The molecule has 0 saturated heterocycles. The molecule has 0 spiro atoms. The summed E-state index contributed by atoms with van der Waals surface area (Å²) in [6.07, 6.45) is 0.921. The van der Waals surface area contributed by atoms with Gasteiger partial charge in [-0.2, -0.15) is 0 Å². The van der Waals surface area contributed by atoms with Crippen LogP contribution in [0, 0.1) is 19.7 Å². The number of carbonyl (C=O) groups excluding carboxylic acids is 2. The molecule has 0 aliphatic heterocycles. The fourth-order valence-corrected chi connectivity index (χ4v) is 6.39. The molecule has 0 unspecified atom stereocenters. The minimum Gasteiger partial charge on any atom is -0.352 e. The summed E-state index contributed by atoms with van der Waals surface area (Å²) in [5.41, 5.74) is 3.64. The maximum absolute atomic E-state index is 14.5. The zero-order valence-electron chi connectivity index (χ0n) is 26.1. The molecule has 0 aromatic heterocycles. The molecule has 0 radical (unpaired) electrons. The first-order valence-electron chi connectivity index (χ1n) is 15.0. The van der Waals surface area contributed by atoms with Gasteiger partial charge in [-0.25, -0.2) is 12.8 Å². The Balaban J connectivity index is 1.80. The van der Waals surface area contributed by atoms with Gasteiger partial charge in [-0.3, -0.25) is 13.9 Å². The lowest BCUT2D eigenvalue weighted by molar-refractivity contribution is -0.140. The van der Waals surface area contributed by atoms with Crippen LogP contribution in [-0.4, -0.2) is 43.8 Å². The predicted molar refractivity (Wildman–Crippen MR) is 176 cm³/mol. The van der Waals surface area contributed by atoms with Crippen LogP contribution in [0.15, 0.2) is 108 Å². The summed E-state index contributed by atoms with van der Waals surface area (Å²) in [7, 11) is -4.26. The lowest BCUT2D eigenvalue weighted by atomic mass is 10.0. The highest BCUT2D eigenvalue weighted by atomic mass is 32.2. The van der Waals surface area contributed by atoms with Crippen molar-refractivity contribution in [1.29, 1.82) is 0 Å². The molecular formula is C36H40FN3O4S. The van der Waals surface area contributed by atoms with Gasteiger partial charge >= 0.3 is 0 Å². The molecule has 0 aliphatic carbocycles. The summed E-state index contributed by atoms with van der Waals surface area (Å²) in [6.45, 7) is 7.12. The Kier molecular flexibility index (Phi) is 11.1. The summed E-state index contributed by atoms with van der Waals surface area (Å²) < 4.78 is 43.0. The third-order valence-corrected chi connectivity index (χ3v) is 9.50. The quantitative estimate of drug-likeness (QED) is 0.191. The van der Waals surface area contributed by atoms with Crippen LogP contribution in [0.25, 0.3) is 0 Å². The van der Waals surface area contributed by atoms with Crippen LogP contribution >= 0.6 is 0 Å². The average Bonchev–Trinajstić information content (AvgIpc) is 3.02. The number of carbonyl (C=O) groups is 2. The Morgan fingerprint density at radius 3 is 2.09 bits per heavy atom. The number of halogens is 1. The lowest BCUT2D eigenvalue weighted by Gasteiger charge is -2.34. The fourth-order valence-electron chi connectivity index (χ4n) is 4.98. The Morgan fingerprint density at radius 1 is 0.822 bits per heavy atom. The van der Waals surface area contributed by atoms with E-state index in [2.05, 4.69) is 5.32 Å². The number of nitrogens with zero attached hydrogens (tertiary/aromatic N) is 2. The number of benzene rings is 4. The van der Waals surface area contributed by atoms with Crippen molar-refractivity contribution in [3.05, 3.63) is 131 Å². The van der Waals surface area contributed by atoms with E-state index in [1.807, 2.05) is 82.3 Å². The van der Waals surface area contributed by atoms with E-state index in [4.69, 9.17) is 0 Å². The van der Waals surface area contributed by atoms with E-state index in [-0.39, 0.29) is 35.5 Å². The van der Waals surface area contributed by atoms with Gasteiger partial charge in [0.1, 0.15) is 18.4 Å². The molecule has 236 valence electrons. The Morgan fingerprint density at radius 2 is 1.47 bits per heavy atom. The number of sulfonamides is 1. The van der Waals surface area contributed by atoms with Crippen LogP contribution in [0.3, 0.4) is 0 Å². The first kappa shape index (κ1) is 33.4. The second kappa shape index (κ2) is 15.0. The second-order valence-corrected chi connectivity index (χ2v) is 13.2. The molecule has 1 N–H and O–H groups in total. The number of hydrogen-bond acceptors (Lipinski definition) is 4. The lowest BCUT2D eigenvalue weighted by Crippen LogP contribution is -2.54. The van der Waals surface area contributed by atoms with Crippen molar-refractivity contribution < 1.29 is 22.4 Å². The highest BCUT2D eigenvalue weighted by Crippen LogP contribution is 2.26. The maximum Gasteiger partial charge on any atom is 0.264 e. The zero-order chi connectivity index (χ0) is 32.6. The number of rotatable bonds is 13. The number of amides is 2. The van der Waals surface area contributed by atoms with Crippen LogP contribution < -0.4 is 9.62 Å². The molecule has 4 aromatic rings. The predicted octanol–water partition coefficient (Wildman–Crippen LogP) is 6.19. The molecule has 0 aliphatic rings. The van der Waals surface area contributed by atoms with E-state index in [1.54, 1.807) is 12.1 Å². The van der Waals surface area contributed by atoms with Gasteiger partial charge in [-0.15, -0.1) is 0 Å². The van der Waals surface area contributed by atoms with E-state index < -0.39 is 34.3 Å². The van der Waals surface area contributed by atoms with Gasteiger partial charge in [0.2, 0.25) is 11.8 Å². The van der Waals surface area contributed by atoms with Gasteiger partial charge in [-0.1, -0.05) is 84.8 Å². The largest absolute Gasteiger partial charge is 0.352 e. The molecule has 0 bridgehead atoms. The molecule has 4 aromatic carbocycles. The highest BCUT2D eigenvalue weighted by molar-refractivity contribution is 7.92. The summed E-state index contributed by atoms with van der Waals surface area (Å²) >= 11 is 0. The first-order chi connectivity index (χ1) is 21.5. The van der Waals surface area contributed by atoms with Gasteiger partial charge < -0.3 is 10.2 Å². The minimum atomic E-state index is -4.26. The number of aryl methyl sites for hydroxylation is 2. The van der Waals surface area contributed by atoms with Gasteiger partial charge in [0.15, 0.2) is 0 Å². The van der Waals surface area contributed by atoms with Crippen molar-refractivity contribution >= 4 is 27.5 Å². The molecule has 7 nitrogen and oxygen atoms in total. The molecule has 2 amide bonds. The summed E-state index contributed by atoms with van der Waals surface area (Å²) in [5.74, 6) is -1.44. The number of nitrogens with one attached hydrogen (secondary N) is 1. The SMILES string of the molecule is CC[C@H](C)NC(=O)[C@H](Cc1ccccc1)N(Cc1cccc(C)c1)C(=O)CN(c1ccc(F)cc1)S(=O)(=O)c1ccc(C)cc1. The van der Waals surface area contributed by atoms with E-state index in [0.29, 0.717) is 6.42 Å². The number of anilines is 1. The number of hydrogen-bond donors (Lipinski definition) is 1. The monoisotopic (exact) mass is 629 g/mol. The maximum atomic E-state index is 14.5. The van der Waals surface area contributed by atoms with Crippen LogP contribution in [0.4, 0.5) is 10.1 Å². The Bertz CT molecular complexity index is 1690. The summed E-state index contributed by atoms with van der Waals surface area (Å²) in [4.78, 5) is 29.8. The average molecular weight is 630 g/mol. The molecule has 9 heteroatoms. The van der Waals surface area contributed by atoms with Crippen molar-refractivity contribution in [1.82, 2.24) is 10.2 Å². The van der Waals surface area contributed by atoms with Crippen molar-refractivity contribution in [3.63, 3.8) is 0 Å². The smallest absolute Gasteiger partial charge is 0.264 e. The summed E-state index contributed by atoms with van der Waals surface area (Å²) in [5, 5.41) is 3.03. The van der Waals surface area contributed by atoms with Gasteiger partial charge in [0.25, 0.3) is 10.0 Å². The zero-order valence-corrected chi connectivity index (χ0v) is 26.9. The van der Waals surface area contributed by atoms with Gasteiger partial charge in [-0.05, 0) is 74.7 Å². The Labute approximate surface area is 265 Å². The Hall–Kier alpha value is -4.50. The fraction of sp³-hybridized carbons (Fsp3) is 0.278. The standard InChI is InChI=1S/C36H40FN3O4S/c1-5-28(4)38-36(42)34(23-29-11-7-6-8-12-29)39(24-30-13-9-10-27(3)22-30)35(41)25-40(32-18-16-31(37)17-19-32)45(43,44)33-20-14-26(2)15-21-33/h6-22,28,34H,5,23-25H2,1-4H3,(H,38,42)/t28-,34-/m0/s1. The first-order valence-corrected chi connectivity index (χ1v) is 16.5. The molecule has 0 fully saturated rings. The molecule has 4 rings (SSSR count). The van der Waals surface area contributed by atoms with E-state index >= 15 is 0 Å². The van der Waals surface area contributed by atoms with E-state index in [0.717, 1.165) is 38.7 Å². The van der Waals surface area contributed by atoms with Crippen LogP contribution in [0.2, 0.25) is 0 Å². The van der Waals surface area contributed by atoms with Crippen LogP contribution in [0.5, 0.6) is 0 Å². The van der Waals surface area contributed by atoms with Gasteiger partial charge in [0.05, 0.1) is 10.6 Å². The van der Waals surface area contributed by atoms with Crippen LogP contribution in [-0.2, 0) is 32.6 Å².